The van der Waals surface area contributed by atoms with E-state index in [0.717, 1.165) is 61.5 Å². The van der Waals surface area contributed by atoms with E-state index < -0.39 is 0 Å². The Bertz CT molecular complexity index is 1010. The number of nitrogens with zero attached hydrogens (tertiary/aromatic N) is 4. The number of hydrogen-bond acceptors (Lipinski definition) is 6. The molecule has 1 aliphatic rings. The number of fused-ring (bicyclic) bond motifs is 1. The molecule has 1 aliphatic heterocycles. The summed E-state index contributed by atoms with van der Waals surface area (Å²) in [7, 11) is 2.09. The SMILES string of the molecule is CCc1cc2c(N3CCC[C@@H](C(=O)NCCN(C)Cc4ccccc4)C3)ncnc2s1. The number of piperidine rings is 1. The lowest BCUT2D eigenvalue weighted by atomic mass is 9.97. The summed E-state index contributed by atoms with van der Waals surface area (Å²) < 4.78 is 0. The molecule has 1 aromatic carbocycles. The third-order valence-corrected chi connectivity index (χ3v) is 7.08. The molecular weight excluding hydrogens is 406 g/mol. The maximum absolute atomic E-state index is 12.8. The number of nitrogens with one attached hydrogen (secondary N) is 1. The Morgan fingerprint density at radius 1 is 1.29 bits per heavy atom. The Hall–Kier alpha value is -2.51. The van der Waals surface area contributed by atoms with Gasteiger partial charge >= 0.3 is 0 Å². The van der Waals surface area contributed by atoms with Crippen molar-refractivity contribution in [2.45, 2.75) is 32.7 Å². The minimum atomic E-state index is 0.00229. The van der Waals surface area contributed by atoms with Crippen molar-refractivity contribution in [3.63, 3.8) is 0 Å². The lowest BCUT2D eigenvalue weighted by Gasteiger charge is -2.33. The number of aryl methyl sites for hydroxylation is 1. The first-order valence-electron chi connectivity index (χ1n) is 11.1. The van der Waals surface area contributed by atoms with Crippen LogP contribution in [0.2, 0.25) is 0 Å². The number of carbonyl (C=O) groups is 1. The lowest BCUT2D eigenvalue weighted by Crippen LogP contribution is -2.44. The van der Waals surface area contributed by atoms with Crippen LogP contribution in [-0.2, 0) is 17.8 Å². The fourth-order valence-electron chi connectivity index (χ4n) is 4.19. The third-order valence-electron chi connectivity index (χ3n) is 5.89. The predicted octanol–water partition coefficient (Wildman–Crippen LogP) is 3.72. The van der Waals surface area contributed by atoms with Gasteiger partial charge in [-0.05, 0) is 37.9 Å². The summed E-state index contributed by atoms with van der Waals surface area (Å²) in [6, 6.07) is 12.6. The van der Waals surface area contributed by atoms with Crippen molar-refractivity contribution in [3.8, 4) is 0 Å². The van der Waals surface area contributed by atoms with Gasteiger partial charge in [0.05, 0.1) is 11.3 Å². The van der Waals surface area contributed by atoms with E-state index in [4.69, 9.17) is 0 Å². The Balaban J connectivity index is 1.31. The summed E-state index contributed by atoms with van der Waals surface area (Å²) in [5.41, 5.74) is 1.29. The number of thiophene rings is 1. The second kappa shape index (κ2) is 10.2. The first-order valence-corrected chi connectivity index (χ1v) is 11.9. The molecule has 2 aromatic heterocycles. The minimum absolute atomic E-state index is 0.00229. The number of rotatable bonds is 8. The van der Waals surface area contributed by atoms with Crippen LogP contribution in [0.5, 0.6) is 0 Å². The van der Waals surface area contributed by atoms with Gasteiger partial charge in [0.2, 0.25) is 5.91 Å². The molecule has 7 heteroatoms. The monoisotopic (exact) mass is 437 g/mol. The van der Waals surface area contributed by atoms with Gasteiger partial charge in [-0.3, -0.25) is 4.79 Å². The first-order chi connectivity index (χ1) is 15.1. The smallest absolute Gasteiger partial charge is 0.224 e. The van der Waals surface area contributed by atoms with Gasteiger partial charge in [-0.15, -0.1) is 11.3 Å². The molecule has 1 atom stereocenters. The molecule has 0 saturated carbocycles. The van der Waals surface area contributed by atoms with Gasteiger partial charge in [0.15, 0.2) is 0 Å². The Labute approximate surface area is 188 Å². The van der Waals surface area contributed by atoms with Gasteiger partial charge in [-0.1, -0.05) is 37.3 Å². The maximum Gasteiger partial charge on any atom is 0.224 e. The summed E-state index contributed by atoms with van der Waals surface area (Å²) in [6.45, 7) is 6.20. The minimum Gasteiger partial charge on any atom is -0.355 e. The van der Waals surface area contributed by atoms with Gasteiger partial charge < -0.3 is 15.1 Å². The van der Waals surface area contributed by atoms with Crippen LogP contribution in [0.1, 0.15) is 30.2 Å². The molecule has 1 N–H and O–H groups in total. The Morgan fingerprint density at radius 2 is 2.13 bits per heavy atom. The average molecular weight is 438 g/mol. The van der Waals surface area contributed by atoms with Gasteiger partial charge in [0, 0.05) is 37.6 Å². The van der Waals surface area contributed by atoms with E-state index in [1.807, 2.05) is 6.07 Å². The van der Waals surface area contributed by atoms with E-state index in [0.29, 0.717) is 6.54 Å². The summed E-state index contributed by atoms with van der Waals surface area (Å²) >= 11 is 1.74. The molecule has 0 spiro atoms. The lowest BCUT2D eigenvalue weighted by molar-refractivity contribution is -0.125. The molecule has 0 radical (unpaired) electrons. The second-order valence-electron chi connectivity index (χ2n) is 8.28. The highest BCUT2D eigenvalue weighted by Crippen LogP contribution is 2.32. The highest BCUT2D eigenvalue weighted by atomic mass is 32.1. The van der Waals surface area contributed by atoms with Crippen LogP contribution in [0.3, 0.4) is 0 Å². The van der Waals surface area contributed by atoms with E-state index in [-0.39, 0.29) is 11.8 Å². The molecule has 0 aliphatic carbocycles. The van der Waals surface area contributed by atoms with Crippen molar-refractivity contribution in [2.24, 2.45) is 5.92 Å². The number of hydrogen-bond donors (Lipinski definition) is 1. The summed E-state index contributed by atoms with van der Waals surface area (Å²) in [6.07, 6.45) is 4.59. The van der Waals surface area contributed by atoms with Crippen LogP contribution in [0, 0.1) is 5.92 Å². The quantitative estimate of drug-likeness (QED) is 0.582. The summed E-state index contributed by atoms with van der Waals surface area (Å²) in [4.78, 5) is 28.7. The maximum atomic E-state index is 12.8. The molecule has 31 heavy (non-hydrogen) atoms. The van der Waals surface area contributed by atoms with Crippen LogP contribution >= 0.6 is 11.3 Å². The van der Waals surface area contributed by atoms with Gasteiger partial charge in [-0.2, -0.15) is 0 Å². The van der Waals surface area contributed by atoms with Crippen molar-refractivity contribution >= 4 is 33.3 Å². The zero-order chi connectivity index (χ0) is 21.6. The number of amides is 1. The van der Waals surface area contributed by atoms with Crippen LogP contribution in [0.4, 0.5) is 5.82 Å². The van der Waals surface area contributed by atoms with E-state index in [2.05, 4.69) is 69.4 Å². The predicted molar refractivity (Wildman–Crippen MR) is 128 cm³/mol. The number of anilines is 1. The molecular formula is C24H31N5OS. The zero-order valence-corrected chi connectivity index (χ0v) is 19.2. The van der Waals surface area contributed by atoms with Crippen molar-refractivity contribution in [3.05, 3.63) is 53.2 Å². The molecule has 3 heterocycles. The molecule has 6 nitrogen and oxygen atoms in total. The van der Waals surface area contributed by atoms with E-state index in [1.54, 1.807) is 17.7 Å². The number of benzene rings is 1. The molecule has 164 valence electrons. The van der Waals surface area contributed by atoms with Gasteiger partial charge in [-0.25, -0.2) is 9.97 Å². The van der Waals surface area contributed by atoms with Crippen molar-refractivity contribution < 1.29 is 4.79 Å². The summed E-state index contributed by atoms with van der Waals surface area (Å²) in [5.74, 6) is 1.13. The zero-order valence-electron chi connectivity index (χ0n) is 18.4. The van der Waals surface area contributed by atoms with E-state index in [1.165, 1.54) is 10.4 Å². The van der Waals surface area contributed by atoms with Crippen LogP contribution < -0.4 is 10.2 Å². The van der Waals surface area contributed by atoms with E-state index >= 15 is 0 Å². The number of carbonyl (C=O) groups excluding carboxylic acids is 1. The topological polar surface area (TPSA) is 61.4 Å². The fourth-order valence-corrected chi connectivity index (χ4v) is 5.12. The second-order valence-corrected chi connectivity index (χ2v) is 9.40. The van der Waals surface area contributed by atoms with Crippen molar-refractivity contribution in [1.29, 1.82) is 0 Å². The van der Waals surface area contributed by atoms with E-state index in [9.17, 15) is 4.79 Å². The van der Waals surface area contributed by atoms with Crippen LogP contribution in [-0.4, -0.2) is 54.0 Å². The van der Waals surface area contributed by atoms with Gasteiger partial charge in [0.1, 0.15) is 17.0 Å². The average Bonchev–Trinajstić information content (AvgIpc) is 3.23. The molecule has 1 saturated heterocycles. The Morgan fingerprint density at radius 3 is 2.94 bits per heavy atom. The molecule has 1 fully saturated rings. The molecule has 0 bridgehead atoms. The number of likely N-dealkylation sites (N-methyl/N-ethyl adjacent to an activating group) is 1. The summed E-state index contributed by atoms with van der Waals surface area (Å²) in [5, 5.41) is 4.27. The normalized spacial score (nSPS) is 16.7. The highest BCUT2D eigenvalue weighted by Gasteiger charge is 2.27. The first kappa shape index (κ1) is 21.7. The van der Waals surface area contributed by atoms with Crippen molar-refractivity contribution in [2.75, 3.05) is 38.1 Å². The molecule has 3 aromatic rings. The molecule has 4 rings (SSSR count). The largest absolute Gasteiger partial charge is 0.355 e. The number of aromatic nitrogens is 2. The highest BCUT2D eigenvalue weighted by molar-refractivity contribution is 7.18. The van der Waals surface area contributed by atoms with Gasteiger partial charge in [0.25, 0.3) is 0 Å². The van der Waals surface area contributed by atoms with Crippen LogP contribution in [0.25, 0.3) is 10.2 Å². The third kappa shape index (κ3) is 5.40. The van der Waals surface area contributed by atoms with Crippen LogP contribution in [0.15, 0.2) is 42.7 Å². The van der Waals surface area contributed by atoms with Crippen molar-refractivity contribution in [1.82, 2.24) is 20.2 Å². The molecule has 1 amide bonds. The Kier molecular flexibility index (Phi) is 7.14. The fraction of sp³-hybridized carbons (Fsp3) is 0.458. The standard InChI is InChI=1S/C24H31N5OS/c1-3-20-14-21-22(26-17-27-24(21)31-20)29-12-7-10-19(16-29)23(30)25-11-13-28(2)15-18-8-5-4-6-9-18/h4-6,8-9,14,17,19H,3,7,10-13,15-16H2,1-2H3,(H,25,30)/t19-/m1/s1. The molecule has 0 unspecified atom stereocenters.